The average molecular weight is 392 g/mol. The molecule has 1 atom stereocenters. The van der Waals surface area contributed by atoms with Crippen molar-refractivity contribution >= 4 is 16.7 Å². The van der Waals surface area contributed by atoms with Crippen LogP contribution < -0.4 is 16.0 Å². The van der Waals surface area contributed by atoms with Crippen molar-refractivity contribution in [2.24, 2.45) is 5.73 Å². The Morgan fingerprint density at radius 2 is 1.90 bits per heavy atom. The number of aromatic nitrogens is 2. The van der Waals surface area contributed by atoms with E-state index in [1.807, 2.05) is 19.1 Å². The van der Waals surface area contributed by atoms with Gasteiger partial charge in [-0.3, -0.25) is 14.5 Å². The summed E-state index contributed by atoms with van der Waals surface area (Å²) in [6, 6.07) is 15.2. The van der Waals surface area contributed by atoms with Gasteiger partial charge in [0.05, 0.1) is 18.7 Å². The number of rotatable bonds is 6. The Kier molecular flexibility index (Phi) is 5.31. The molecule has 0 spiro atoms. The molecule has 2 aromatic carbocycles. The van der Waals surface area contributed by atoms with Gasteiger partial charge in [-0.05, 0) is 43.5 Å². The van der Waals surface area contributed by atoms with Crippen molar-refractivity contribution in [3.63, 3.8) is 0 Å². The molecule has 1 amide bonds. The van der Waals surface area contributed by atoms with Crippen LogP contribution in [-0.4, -0.2) is 33.7 Å². The van der Waals surface area contributed by atoms with Gasteiger partial charge < -0.3 is 10.5 Å². The summed E-state index contributed by atoms with van der Waals surface area (Å²) in [6.45, 7) is 3.75. The van der Waals surface area contributed by atoms with Crippen molar-refractivity contribution in [3.05, 3.63) is 70.1 Å². The third-order valence-corrected chi connectivity index (χ3v) is 5.36. The molecule has 3 aromatic rings. The molecule has 1 fully saturated rings. The van der Waals surface area contributed by atoms with Gasteiger partial charge in [0.1, 0.15) is 5.75 Å². The van der Waals surface area contributed by atoms with Gasteiger partial charge in [-0.2, -0.15) is 5.10 Å². The highest BCUT2D eigenvalue weighted by molar-refractivity contribution is 6.03. The lowest BCUT2D eigenvalue weighted by atomic mass is 10.0. The summed E-state index contributed by atoms with van der Waals surface area (Å²) in [4.78, 5) is 27.1. The van der Waals surface area contributed by atoms with Crippen molar-refractivity contribution in [1.82, 2.24) is 14.7 Å². The van der Waals surface area contributed by atoms with Crippen LogP contribution in [0.5, 0.6) is 5.75 Å². The molecule has 0 bridgehead atoms. The number of hydrogen-bond acceptors (Lipinski definition) is 5. The minimum Gasteiger partial charge on any atom is -0.494 e. The molecule has 0 aliphatic carbocycles. The predicted octanol–water partition coefficient (Wildman–Crippen LogP) is 2.69. The molecule has 1 aliphatic rings. The van der Waals surface area contributed by atoms with Gasteiger partial charge in [0.2, 0.25) is 0 Å². The quantitative estimate of drug-likeness (QED) is 0.697. The molecule has 0 unspecified atom stereocenters. The number of fused-ring (bicyclic) bond motifs is 1. The van der Waals surface area contributed by atoms with Crippen LogP contribution in [0.15, 0.2) is 53.3 Å². The predicted molar refractivity (Wildman–Crippen MR) is 111 cm³/mol. The molecule has 7 nitrogen and oxygen atoms in total. The van der Waals surface area contributed by atoms with E-state index in [0.29, 0.717) is 24.0 Å². The lowest BCUT2D eigenvalue weighted by molar-refractivity contribution is 0.0992. The van der Waals surface area contributed by atoms with E-state index in [9.17, 15) is 9.59 Å². The van der Waals surface area contributed by atoms with Gasteiger partial charge in [0.25, 0.3) is 11.5 Å². The highest BCUT2D eigenvalue weighted by atomic mass is 16.5. The Morgan fingerprint density at radius 1 is 1.17 bits per heavy atom. The highest BCUT2D eigenvalue weighted by Gasteiger charge is 2.27. The molecule has 150 valence electrons. The summed E-state index contributed by atoms with van der Waals surface area (Å²) in [5.41, 5.74) is 6.60. The van der Waals surface area contributed by atoms with Crippen LogP contribution in [0.4, 0.5) is 0 Å². The Labute approximate surface area is 168 Å². The summed E-state index contributed by atoms with van der Waals surface area (Å²) in [7, 11) is 0. The second-order valence-electron chi connectivity index (χ2n) is 7.18. The van der Waals surface area contributed by atoms with Gasteiger partial charge in [0.15, 0.2) is 5.69 Å². The van der Waals surface area contributed by atoms with Gasteiger partial charge in [-0.25, -0.2) is 4.68 Å². The third kappa shape index (κ3) is 3.73. The minimum atomic E-state index is -0.639. The molecule has 1 saturated heterocycles. The fourth-order valence-corrected chi connectivity index (χ4v) is 4.01. The van der Waals surface area contributed by atoms with Gasteiger partial charge >= 0.3 is 0 Å². The number of likely N-dealkylation sites (tertiary alicyclic amines) is 1. The second-order valence-corrected chi connectivity index (χ2v) is 7.18. The molecule has 2 heterocycles. The molecule has 29 heavy (non-hydrogen) atoms. The summed E-state index contributed by atoms with van der Waals surface area (Å²) in [5, 5.41) is 5.24. The first-order chi connectivity index (χ1) is 14.1. The summed E-state index contributed by atoms with van der Waals surface area (Å²) < 4.78 is 6.88. The van der Waals surface area contributed by atoms with E-state index in [4.69, 9.17) is 10.5 Å². The number of carbonyl (C=O) groups is 1. The second kappa shape index (κ2) is 8.05. The van der Waals surface area contributed by atoms with Gasteiger partial charge in [0, 0.05) is 18.0 Å². The van der Waals surface area contributed by atoms with E-state index in [1.54, 1.807) is 24.3 Å². The standard InChI is InChI=1S/C22H24N4O3/c1-2-29-16-11-9-15(10-12-16)19-8-5-13-25(19)14-26-22(28)18-7-4-3-6-17(18)20(24-26)21(23)27/h3-4,6-7,9-12,19H,2,5,8,13-14H2,1H3,(H2,23,27)/t19-/m0/s1. The van der Waals surface area contributed by atoms with Crippen LogP contribution in [0.25, 0.3) is 10.8 Å². The number of carbonyl (C=O) groups excluding carboxylic acids is 1. The van der Waals surface area contributed by atoms with Crippen molar-refractivity contribution in [1.29, 1.82) is 0 Å². The first-order valence-corrected chi connectivity index (χ1v) is 9.85. The number of nitrogens with two attached hydrogens (primary N) is 1. The topological polar surface area (TPSA) is 90.4 Å². The average Bonchev–Trinajstić information content (AvgIpc) is 3.19. The molecule has 1 aromatic heterocycles. The molecule has 1 aliphatic heterocycles. The van der Waals surface area contributed by atoms with Crippen molar-refractivity contribution in [3.8, 4) is 5.75 Å². The van der Waals surface area contributed by atoms with Gasteiger partial charge in [-0.1, -0.05) is 30.3 Å². The monoisotopic (exact) mass is 392 g/mol. The highest BCUT2D eigenvalue weighted by Crippen LogP contribution is 2.33. The third-order valence-electron chi connectivity index (χ3n) is 5.36. The van der Waals surface area contributed by atoms with E-state index >= 15 is 0 Å². The van der Waals surface area contributed by atoms with E-state index in [-0.39, 0.29) is 17.3 Å². The first-order valence-electron chi connectivity index (χ1n) is 9.85. The molecular weight excluding hydrogens is 368 g/mol. The fourth-order valence-electron chi connectivity index (χ4n) is 4.01. The maximum atomic E-state index is 13.0. The van der Waals surface area contributed by atoms with E-state index < -0.39 is 5.91 Å². The van der Waals surface area contributed by atoms with Crippen molar-refractivity contribution in [2.45, 2.75) is 32.5 Å². The summed E-state index contributed by atoms with van der Waals surface area (Å²) in [6.07, 6.45) is 2.03. The van der Waals surface area contributed by atoms with E-state index in [2.05, 4.69) is 22.1 Å². The summed E-state index contributed by atoms with van der Waals surface area (Å²) >= 11 is 0. The molecule has 2 N–H and O–H groups in total. The normalized spacial score (nSPS) is 16.9. The SMILES string of the molecule is CCOc1ccc([C@@H]2CCCN2Cn2nc(C(N)=O)c3ccccc3c2=O)cc1. The van der Waals surface area contributed by atoms with Gasteiger partial charge in [-0.15, -0.1) is 0 Å². The largest absolute Gasteiger partial charge is 0.494 e. The minimum absolute atomic E-state index is 0.122. The lowest BCUT2D eigenvalue weighted by Gasteiger charge is -2.25. The maximum absolute atomic E-state index is 13.0. The van der Waals surface area contributed by atoms with Crippen LogP contribution >= 0.6 is 0 Å². The lowest BCUT2D eigenvalue weighted by Crippen LogP contribution is -2.35. The number of primary amides is 1. The molecule has 0 saturated carbocycles. The number of benzene rings is 2. The number of hydrogen-bond donors (Lipinski definition) is 1. The van der Waals surface area contributed by atoms with Crippen LogP contribution in [-0.2, 0) is 6.67 Å². The molecular formula is C22H24N4O3. The Balaban J connectivity index is 1.66. The van der Waals surface area contributed by atoms with Crippen LogP contribution in [0.3, 0.4) is 0 Å². The smallest absolute Gasteiger partial charge is 0.275 e. The zero-order valence-corrected chi connectivity index (χ0v) is 16.4. The van der Waals surface area contributed by atoms with Crippen molar-refractivity contribution in [2.75, 3.05) is 13.2 Å². The Hall–Kier alpha value is -3.19. The Bertz CT molecular complexity index is 1090. The zero-order valence-electron chi connectivity index (χ0n) is 16.4. The Morgan fingerprint density at radius 3 is 2.59 bits per heavy atom. The van der Waals surface area contributed by atoms with E-state index in [1.165, 1.54) is 10.2 Å². The summed E-state index contributed by atoms with van der Waals surface area (Å²) in [5.74, 6) is 0.207. The first kappa shape index (κ1) is 19.1. The maximum Gasteiger partial charge on any atom is 0.275 e. The van der Waals surface area contributed by atoms with Crippen LogP contribution in [0.1, 0.15) is 41.9 Å². The number of amides is 1. The molecule has 7 heteroatoms. The van der Waals surface area contributed by atoms with Crippen molar-refractivity contribution < 1.29 is 9.53 Å². The molecule has 0 radical (unpaired) electrons. The fraction of sp³-hybridized carbons (Fsp3) is 0.318. The van der Waals surface area contributed by atoms with Crippen LogP contribution in [0.2, 0.25) is 0 Å². The van der Waals surface area contributed by atoms with E-state index in [0.717, 1.165) is 25.1 Å². The zero-order chi connectivity index (χ0) is 20.4. The van der Waals surface area contributed by atoms with Crippen LogP contribution in [0, 0.1) is 0 Å². The number of ether oxygens (including phenoxy) is 1. The number of nitrogens with zero attached hydrogens (tertiary/aromatic N) is 3. The molecule has 4 rings (SSSR count).